The molecule has 0 spiro atoms. The van der Waals surface area contributed by atoms with Gasteiger partial charge in [-0.1, -0.05) is 42.5 Å². The number of hydrogen-bond donors (Lipinski definition) is 3. The van der Waals surface area contributed by atoms with Crippen LogP contribution in [0.3, 0.4) is 0 Å². The van der Waals surface area contributed by atoms with Crippen LogP contribution in [0.1, 0.15) is 12.5 Å². The fraction of sp³-hybridized carbons (Fsp3) is 0.263. The fourth-order valence-electron chi connectivity index (χ4n) is 2.72. The molecule has 0 heterocycles. The molecule has 0 atom stereocenters. The van der Waals surface area contributed by atoms with Crippen molar-refractivity contribution in [3.8, 4) is 0 Å². The van der Waals surface area contributed by atoms with Crippen LogP contribution in [-0.4, -0.2) is 29.0 Å². The van der Waals surface area contributed by atoms with Crippen LogP contribution in [0.5, 0.6) is 0 Å². The van der Waals surface area contributed by atoms with E-state index in [-0.39, 0.29) is 25.6 Å². The maximum Gasteiger partial charge on any atom is 0.0633 e. The second-order valence-corrected chi connectivity index (χ2v) is 6.95. The van der Waals surface area contributed by atoms with Crippen LogP contribution in [0.25, 0.3) is 21.5 Å². The van der Waals surface area contributed by atoms with Crippen LogP contribution in [-0.2, 0) is 6.54 Å². The van der Waals surface area contributed by atoms with Crippen molar-refractivity contribution in [2.24, 2.45) is 0 Å². The molecule has 3 nitrogen and oxygen atoms in total. The molecule has 3 aromatic carbocycles. The van der Waals surface area contributed by atoms with Gasteiger partial charge < -0.3 is 15.5 Å². The Labute approximate surface area is 156 Å². The number of nitrogens with one attached hydrogen (secondary N) is 1. The van der Waals surface area contributed by atoms with Crippen molar-refractivity contribution in [1.82, 2.24) is 5.32 Å². The largest absolute Gasteiger partial charge is 0.394 e. The number of rotatable bonds is 5. The van der Waals surface area contributed by atoms with Gasteiger partial charge >= 0.3 is 0 Å². The lowest BCUT2D eigenvalue weighted by molar-refractivity contribution is 0.103. The van der Waals surface area contributed by atoms with Crippen molar-refractivity contribution in [2.45, 2.75) is 19.0 Å². The third-order valence-electron chi connectivity index (χ3n) is 4.33. The lowest BCUT2D eigenvalue weighted by Crippen LogP contribution is -2.48. The summed E-state index contributed by atoms with van der Waals surface area (Å²) in [5.74, 6) is 0. The molecule has 0 saturated heterocycles. The summed E-state index contributed by atoms with van der Waals surface area (Å²) in [5.41, 5.74) is 0.457. The SMILES string of the molecule is CC(CO)(CO)NCc1cccc2c(Br)c3ccccc3cc12.Cl. The van der Waals surface area contributed by atoms with Crippen LogP contribution < -0.4 is 5.32 Å². The van der Waals surface area contributed by atoms with Crippen molar-refractivity contribution < 1.29 is 10.2 Å². The monoisotopic (exact) mass is 409 g/mol. The van der Waals surface area contributed by atoms with E-state index in [1.54, 1.807) is 0 Å². The molecular weight excluding hydrogens is 390 g/mol. The first-order valence-corrected chi connectivity index (χ1v) is 8.43. The molecule has 0 radical (unpaired) electrons. The molecule has 0 amide bonds. The number of benzene rings is 3. The topological polar surface area (TPSA) is 52.5 Å². The third kappa shape index (κ3) is 3.58. The van der Waals surface area contributed by atoms with Gasteiger partial charge in [-0.2, -0.15) is 0 Å². The molecule has 0 aliphatic carbocycles. The van der Waals surface area contributed by atoms with Crippen molar-refractivity contribution in [3.05, 3.63) is 58.6 Å². The average Bonchev–Trinajstić information content (AvgIpc) is 2.60. The summed E-state index contributed by atoms with van der Waals surface area (Å²) >= 11 is 3.73. The molecule has 3 N–H and O–H groups in total. The second-order valence-electron chi connectivity index (χ2n) is 6.15. The Morgan fingerprint density at radius 2 is 1.62 bits per heavy atom. The second kappa shape index (κ2) is 7.81. The summed E-state index contributed by atoms with van der Waals surface area (Å²) in [5, 5.41) is 26.8. The molecule has 3 aromatic rings. The van der Waals surface area contributed by atoms with E-state index in [9.17, 15) is 10.2 Å². The predicted octanol–water partition coefficient (Wildman–Crippen LogP) is 4.01. The van der Waals surface area contributed by atoms with Gasteiger partial charge in [-0.15, -0.1) is 12.4 Å². The Bertz CT molecular complexity index is 849. The molecule has 0 unspecified atom stereocenters. The van der Waals surface area contributed by atoms with Gasteiger partial charge in [0, 0.05) is 11.0 Å². The van der Waals surface area contributed by atoms with Gasteiger partial charge in [0.2, 0.25) is 0 Å². The number of hydrogen-bond acceptors (Lipinski definition) is 3. The summed E-state index contributed by atoms with van der Waals surface area (Å²) in [6.07, 6.45) is 0. The third-order valence-corrected chi connectivity index (χ3v) is 5.19. The molecular formula is C19H21BrClNO2. The zero-order valence-electron chi connectivity index (χ0n) is 13.4. The molecule has 0 saturated carbocycles. The van der Waals surface area contributed by atoms with Crippen LogP contribution >= 0.6 is 28.3 Å². The zero-order valence-corrected chi connectivity index (χ0v) is 15.8. The first kappa shape index (κ1) is 19.2. The van der Waals surface area contributed by atoms with Crippen LogP contribution in [0, 0.1) is 0 Å². The Balaban J connectivity index is 0.00000208. The maximum atomic E-state index is 9.43. The summed E-state index contributed by atoms with van der Waals surface area (Å²) in [6, 6.07) is 16.7. The molecule has 0 aliphatic heterocycles. The van der Waals surface area contributed by atoms with E-state index in [2.05, 4.69) is 51.6 Å². The maximum absolute atomic E-state index is 9.43. The Morgan fingerprint density at radius 3 is 2.33 bits per heavy atom. The van der Waals surface area contributed by atoms with Crippen molar-refractivity contribution in [1.29, 1.82) is 0 Å². The quantitative estimate of drug-likeness (QED) is 0.557. The molecule has 128 valence electrons. The summed E-state index contributed by atoms with van der Waals surface area (Å²) < 4.78 is 1.10. The molecule has 0 bridgehead atoms. The molecule has 0 aliphatic rings. The normalized spacial score (nSPS) is 11.7. The van der Waals surface area contributed by atoms with Gasteiger partial charge in [0.25, 0.3) is 0 Å². The van der Waals surface area contributed by atoms with E-state index in [1.807, 2.05) is 25.1 Å². The van der Waals surface area contributed by atoms with Crippen LogP contribution in [0.2, 0.25) is 0 Å². The van der Waals surface area contributed by atoms with Crippen molar-refractivity contribution in [3.63, 3.8) is 0 Å². The van der Waals surface area contributed by atoms with E-state index in [0.29, 0.717) is 6.54 Å². The van der Waals surface area contributed by atoms with Crippen molar-refractivity contribution >= 4 is 49.9 Å². The zero-order chi connectivity index (χ0) is 16.4. The highest BCUT2D eigenvalue weighted by Gasteiger charge is 2.21. The molecule has 24 heavy (non-hydrogen) atoms. The minimum atomic E-state index is -0.684. The Morgan fingerprint density at radius 1 is 0.958 bits per heavy atom. The number of aliphatic hydroxyl groups is 2. The molecule has 5 heteroatoms. The first-order valence-electron chi connectivity index (χ1n) is 7.63. The van der Waals surface area contributed by atoms with E-state index in [4.69, 9.17) is 0 Å². The smallest absolute Gasteiger partial charge is 0.0633 e. The van der Waals surface area contributed by atoms with Gasteiger partial charge in [-0.05, 0) is 56.0 Å². The Kier molecular flexibility index (Phi) is 6.23. The Hall–Kier alpha value is -1.17. The molecule has 3 rings (SSSR count). The van der Waals surface area contributed by atoms with Gasteiger partial charge in [-0.3, -0.25) is 0 Å². The van der Waals surface area contributed by atoms with Gasteiger partial charge in [0.05, 0.1) is 18.8 Å². The van der Waals surface area contributed by atoms with Gasteiger partial charge in [-0.25, -0.2) is 0 Å². The van der Waals surface area contributed by atoms with Gasteiger partial charge in [0.1, 0.15) is 0 Å². The average molecular weight is 411 g/mol. The van der Waals surface area contributed by atoms with E-state index in [0.717, 1.165) is 15.4 Å². The van der Waals surface area contributed by atoms with Gasteiger partial charge in [0.15, 0.2) is 0 Å². The summed E-state index contributed by atoms with van der Waals surface area (Å²) in [7, 11) is 0. The summed E-state index contributed by atoms with van der Waals surface area (Å²) in [4.78, 5) is 0. The van der Waals surface area contributed by atoms with Crippen LogP contribution in [0.4, 0.5) is 0 Å². The minimum Gasteiger partial charge on any atom is -0.394 e. The van der Waals surface area contributed by atoms with E-state index < -0.39 is 5.54 Å². The van der Waals surface area contributed by atoms with Crippen LogP contribution in [0.15, 0.2) is 53.0 Å². The van der Waals surface area contributed by atoms with Crippen molar-refractivity contribution in [2.75, 3.05) is 13.2 Å². The standard InChI is InChI=1S/C19H20BrNO2.ClH/c1-19(11-22,12-23)21-10-14-6-4-8-16-17(14)9-13-5-2-3-7-15(13)18(16)20;/h2-9,21-23H,10-12H2,1H3;1H. The number of aliphatic hydroxyl groups excluding tert-OH is 2. The number of fused-ring (bicyclic) bond motifs is 2. The summed E-state index contributed by atoms with van der Waals surface area (Å²) in [6.45, 7) is 2.17. The molecule has 0 aromatic heterocycles. The minimum absolute atomic E-state index is 0. The first-order chi connectivity index (χ1) is 11.1. The molecule has 0 fully saturated rings. The predicted molar refractivity (Wildman–Crippen MR) is 106 cm³/mol. The lowest BCUT2D eigenvalue weighted by Gasteiger charge is -2.26. The number of halogens is 2. The van der Waals surface area contributed by atoms with E-state index >= 15 is 0 Å². The van der Waals surface area contributed by atoms with E-state index in [1.165, 1.54) is 16.2 Å². The fourth-order valence-corrected chi connectivity index (χ4v) is 3.43. The highest BCUT2D eigenvalue weighted by Crippen LogP contribution is 2.34. The highest BCUT2D eigenvalue weighted by atomic mass is 79.9. The highest BCUT2D eigenvalue weighted by molar-refractivity contribution is 9.10. The lowest BCUT2D eigenvalue weighted by atomic mass is 9.98.